The van der Waals surface area contributed by atoms with Crippen LogP contribution in [0.3, 0.4) is 0 Å². The van der Waals surface area contributed by atoms with Gasteiger partial charge >= 0.3 is 0 Å². The molecule has 0 aliphatic carbocycles. The van der Waals surface area contributed by atoms with Crippen LogP contribution < -0.4 is 0 Å². The van der Waals surface area contributed by atoms with Gasteiger partial charge in [0, 0.05) is 11.8 Å². The molecule has 1 aromatic heterocycles. The maximum Gasteiger partial charge on any atom is 0.261 e. The smallest absolute Gasteiger partial charge is 0.261 e. The van der Waals surface area contributed by atoms with Gasteiger partial charge in [0.1, 0.15) is 5.15 Å². The molecule has 0 N–H and O–H groups in total. The number of amides is 2. The Morgan fingerprint density at radius 1 is 1.05 bits per heavy atom. The van der Waals surface area contributed by atoms with E-state index in [0.29, 0.717) is 21.7 Å². The SMILES string of the molecule is O=C1c2ccccc2C(=O)N1Cc1cnc(Cl)cc1Cl. The average molecular weight is 307 g/mol. The summed E-state index contributed by atoms with van der Waals surface area (Å²) < 4.78 is 0. The van der Waals surface area contributed by atoms with E-state index in [1.54, 1.807) is 24.3 Å². The van der Waals surface area contributed by atoms with Crippen molar-refractivity contribution in [3.8, 4) is 0 Å². The lowest BCUT2D eigenvalue weighted by Gasteiger charge is -2.14. The van der Waals surface area contributed by atoms with Crippen LogP contribution in [0.25, 0.3) is 0 Å². The molecule has 4 nitrogen and oxygen atoms in total. The number of imide groups is 1. The fraction of sp³-hybridized carbons (Fsp3) is 0.0714. The molecule has 1 aromatic carbocycles. The number of aromatic nitrogens is 1. The lowest BCUT2D eigenvalue weighted by molar-refractivity contribution is 0.0642. The van der Waals surface area contributed by atoms with Gasteiger partial charge in [-0.1, -0.05) is 35.3 Å². The minimum Gasteiger partial charge on any atom is -0.270 e. The molecule has 20 heavy (non-hydrogen) atoms. The largest absolute Gasteiger partial charge is 0.270 e. The highest BCUT2D eigenvalue weighted by Crippen LogP contribution is 2.26. The van der Waals surface area contributed by atoms with Crippen molar-refractivity contribution in [2.24, 2.45) is 0 Å². The van der Waals surface area contributed by atoms with E-state index >= 15 is 0 Å². The van der Waals surface area contributed by atoms with Gasteiger partial charge in [0.05, 0.1) is 22.7 Å². The zero-order chi connectivity index (χ0) is 14.3. The van der Waals surface area contributed by atoms with Crippen LogP contribution in [0.15, 0.2) is 36.5 Å². The third-order valence-corrected chi connectivity index (χ3v) is 3.66. The fourth-order valence-electron chi connectivity index (χ4n) is 2.11. The summed E-state index contributed by atoms with van der Waals surface area (Å²) in [4.78, 5) is 29.5. The van der Waals surface area contributed by atoms with E-state index in [2.05, 4.69) is 4.98 Å². The van der Waals surface area contributed by atoms with Crippen molar-refractivity contribution in [2.75, 3.05) is 0 Å². The molecule has 0 unspecified atom stereocenters. The molecule has 1 aliphatic heterocycles. The van der Waals surface area contributed by atoms with Crippen LogP contribution in [0, 0.1) is 0 Å². The van der Waals surface area contributed by atoms with Gasteiger partial charge < -0.3 is 0 Å². The molecule has 0 saturated heterocycles. The van der Waals surface area contributed by atoms with E-state index in [0.717, 1.165) is 4.90 Å². The Morgan fingerprint density at radius 2 is 1.65 bits per heavy atom. The lowest BCUT2D eigenvalue weighted by atomic mass is 10.1. The predicted octanol–water partition coefficient (Wildman–Crippen LogP) is 3.18. The fourth-order valence-corrected chi connectivity index (χ4v) is 2.53. The molecular weight excluding hydrogens is 299 g/mol. The Labute approximate surface area is 124 Å². The number of fused-ring (bicyclic) bond motifs is 1. The van der Waals surface area contributed by atoms with Gasteiger partial charge in [-0.25, -0.2) is 4.98 Å². The highest BCUT2D eigenvalue weighted by Gasteiger charge is 2.35. The van der Waals surface area contributed by atoms with Crippen molar-refractivity contribution >= 4 is 35.0 Å². The first-order chi connectivity index (χ1) is 9.58. The number of carbonyl (C=O) groups is 2. The number of pyridine rings is 1. The third kappa shape index (κ3) is 2.07. The Balaban J connectivity index is 1.94. The molecule has 0 saturated carbocycles. The topological polar surface area (TPSA) is 50.3 Å². The lowest BCUT2D eigenvalue weighted by Crippen LogP contribution is -2.29. The first-order valence-corrected chi connectivity index (χ1v) is 6.58. The Morgan fingerprint density at radius 3 is 2.20 bits per heavy atom. The predicted molar refractivity (Wildman–Crippen MR) is 74.9 cm³/mol. The number of carbonyl (C=O) groups excluding carboxylic acids is 2. The highest BCUT2D eigenvalue weighted by atomic mass is 35.5. The maximum absolute atomic E-state index is 12.2. The van der Waals surface area contributed by atoms with Gasteiger partial charge in [0.2, 0.25) is 0 Å². The summed E-state index contributed by atoms with van der Waals surface area (Å²) in [6.45, 7) is 0.0787. The maximum atomic E-state index is 12.2. The summed E-state index contributed by atoms with van der Waals surface area (Å²) in [5.41, 5.74) is 1.40. The number of halogens is 2. The van der Waals surface area contributed by atoms with Crippen molar-refractivity contribution in [3.05, 3.63) is 63.4 Å². The minimum atomic E-state index is -0.323. The van der Waals surface area contributed by atoms with Gasteiger partial charge in [-0.15, -0.1) is 0 Å². The van der Waals surface area contributed by atoms with E-state index in [9.17, 15) is 9.59 Å². The summed E-state index contributed by atoms with van der Waals surface area (Å²) in [5.74, 6) is -0.645. The highest BCUT2D eigenvalue weighted by molar-refractivity contribution is 6.34. The summed E-state index contributed by atoms with van der Waals surface area (Å²) in [7, 11) is 0. The number of hydrogen-bond acceptors (Lipinski definition) is 3. The van der Waals surface area contributed by atoms with Gasteiger partial charge in [0.15, 0.2) is 0 Å². The van der Waals surface area contributed by atoms with Gasteiger partial charge in [0.25, 0.3) is 11.8 Å². The number of hydrogen-bond donors (Lipinski definition) is 0. The second-order valence-corrected chi connectivity index (χ2v) is 5.13. The minimum absolute atomic E-state index is 0.0787. The molecule has 3 rings (SSSR count). The van der Waals surface area contributed by atoms with Crippen LogP contribution in [0.4, 0.5) is 0 Å². The molecule has 2 heterocycles. The third-order valence-electron chi connectivity index (χ3n) is 3.10. The van der Waals surface area contributed by atoms with Crippen LogP contribution >= 0.6 is 23.2 Å². The second kappa shape index (κ2) is 4.89. The Bertz CT molecular complexity index is 696. The molecule has 2 aromatic rings. The van der Waals surface area contributed by atoms with Crippen molar-refractivity contribution in [2.45, 2.75) is 6.54 Å². The summed E-state index contributed by atoms with van der Waals surface area (Å²) in [6, 6.07) is 8.21. The van der Waals surface area contributed by atoms with Gasteiger partial charge in [-0.3, -0.25) is 14.5 Å². The van der Waals surface area contributed by atoms with Crippen LogP contribution in [-0.2, 0) is 6.54 Å². The molecule has 2 amide bonds. The van der Waals surface area contributed by atoms with Crippen LogP contribution in [0.2, 0.25) is 10.2 Å². The van der Waals surface area contributed by atoms with Crippen LogP contribution in [-0.4, -0.2) is 21.7 Å². The van der Waals surface area contributed by atoms with Crippen molar-refractivity contribution in [1.29, 1.82) is 0 Å². The Kier molecular flexibility index (Phi) is 3.20. The normalized spacial score (nSPS) is 13.8. The molecule has 0 spiro atoms. The standard InChI is InChI=1S/C14H8Cl2N2O2/c15-11-5-12(16)17-6-8(11)7-18-13(19)9-3-1-2-4-10(9)14(18)20/h1-6H,7H2. The zero-order valence-electron chi connectivity index (χ0n) is 10.1. The van der Waals surface area contributed by atoms with E-state index in [4.69, 9.17) is 23.2 Å². The summed E-state index contributed by atoms with van der Waals surface area (Å²) in [5, 5.41) is 0.641. The van der Waals surface area contributed by atoms with Gasteiger partial charge in [-0.2, -0.15) is 0 Å². The molecular formula is C14H8Cl2N2O2. The molecule has 0 radical (unpaired) electrons. The second-order valence-electron chi connectivity index (χ2n) is 4.34. The Hall–Kier alpha value is -1.91. The van der Waals surface area contributed by atoms with E-state index in [-0.39, 0.29) is 23.5 Å². The quantitative estimate of drug-likeness (QED) is 0.632. The van der Waals surface area contributed by atoms with Gasteiger partial charge in [-0.05, 0) is 18.2 Å². The molecule has 1 aliphatic rings. The average Bonchev–Trinajstić information content (AvgIpc) is 2.67. The molecule has 0 atom stereocenters. The van der Waals surface area contributed by atoms with Crippen molar-refractivity contribution in [3.63, 3.8) is 0 Å². The van der Waals surface area contributed by atoms with E-state index in [1.807, 2.05) is 0 Å². The monoisotopic (exact) mass is 306 g/mol. The van der Waals surface area contributed by atoms with E-state index < -0.39 is 0 Å². The molecule has 100 valence electrons. The van der Waals surface area contributed by atoms with Crippen LogP contribution in [0.1, 0.15) is 26.3 Å². The summed E-state index contributed by atoms with van der Waals surface area (Å²) >= 11 is 11.8. The first-order valence-electron chi connectivity index (χ1n) is 5.83. The van der Waals surface area contributed by atoms with Crippen molar-refractivity contribution in [1.82, 2.24) is 9.88 Å². The van der Waals surface area contributed by atoms with Crippen molar-refractivity contribution < 1.29 is 9.59 Å². The first kappa shape index (κ1) is 13.1. The summed E-state index contributed by atoms with van der Waals surface area (Å²) in [6.07, 6.45) is 1.47. The van der Waals surface area contributed by atoms with E-state index in [1.165, 1.54) is 12.3 Å². The number of rotatable bonds is 2. The van der Waals surface area contributed by atoms with Crippen LogP contribution in [0.5, 0.6) is 0 Å². The molecule has 0 fully saturated rings. The molecule has 6 heteroatoms. The zero-order valence-corrected chi connectivity index (χ0v) is 11.6. The number of benzene rings is 1. The number of nitrogens with zero attached hydrogens (tertiary/aromatic N) is 2. The molecule has 0 bridgehead atoms.